The number of rotatable bonds is 1. The second-order valence-electron chi connectivity index (χ2n) is 4.26. The summed E-state index contributed by atoms with van der Waals surface area (Å²) < 4.78 is 6.47. The van der Waals surface area contributed by atoms with E-state index in [1.807, 2.05) is 38.1 Å². The van der Waals surface area contributed by atoms with E-state index >= 15 is 0 Å². The fourth-order valence-corrected chi connectivity index (χ4v) is 2.28. The average Bonchev–Trinajstić information content (AvgIpc) is 2.43. The normalized spacial score (nSPS) is 30.3. The topological polar surface area (TPSA) is 26.3 Å². The largest absolute Gasteiger partial charge is 0.454 e. The van der Waals surface area contributed by atoms with Gasteiger partial charge in [-0.3, -0.25) is 4.79 Å². The molecule has 0 aromatic heterocycles. The van der Waals surface area contributed by atoms with Crippen molar-refractivity contribution in [1.82, 2.24) is 0 Å². The van der Waals surface area contributed by atoms with Crippen LogP contribution < -0.4 is 0 Å². The Morgan fingerprint density at radius 1 is 1.40 bits per heavy atom. The first-order chi connectivity index (χ1) is 7.01. The van der Waals surface area contributed by atoms with Gasteiger partial charge in [-0.1, -0.05) is 35.0 Å². The van der Waals surface area contributed by atoms with Crippen LogP contribution in [0.15, 0.2) is 28.7 Å². The number of carbonyl (C=O) groups is 1. The highest BCUT2D eigenvalue weighted by Gasteiger charge is 2.42. The summed E-state index contributed by atoms with van der Waals surface area (Å²) in [4.78, 5) is 11.4. The second kappa shape index (κ2) is 3.63. The van der Waals surface area contributed by atoms with Crippen LogP contribution in [0, 0.1) is 5.92 Å². The van der Waals surface area contributed by atoms with E-state index in [0.717, 1.165) is 16.5 Å². The molecule has 1 aromatic rings. The number of halogens is 1. The molecule has 1 aromatic carbocycles. The molecule has 1 heterocycles. The van der Waals surface area contributed by atoms with E-state index in [4.69, 9.17) is 4.74 Å². The first-order valence-corrected chi connectivity index (χ1v) is 5.79. The first kappa shape index (κ1) is 10.7. The molecule has 2 nitrogen and oxygen atoms in total. The molecule has 1 aliphatic rings. The highest BCUT2D eigenvalue weighted by atomic mass is 79.9. The van der Waals surface area contributed by atoms with Crippen molar-refractivity contribution in [2.24, 2.45) is 5.92 Å². The molecule has 0 bridgehead atoms. The lowest BCUT2D eigenvalue weighted by Gasteiger charge is -2.23. The standard InChI is InChI=1S/C12H13BrO2/c1-8-7-12(2,15-11(8)14)9-3-5-10(13)6-4-9/h3-6,8H,7H2,1-2H3/t8-,12-/m0/s1. The Kier molecular flexibility index (Phi) is 2.59. The van der Waals surface area contributed by atoms with E-state index in [1.165, 1.54) is 0 Å². The van der Waals surface area contributed by atoms with Gasteiger partial charge in [-0.15, -0.1) is 0 Å². The zero-order chi connectivity index (χ0) is 11.1. The first-order valence-electron chi connectivity index (χ1n) is 5.00. The minimum absolute atomic E-state index is 0.00125. The Bertz CT molecular complexity index is 385. The zero-order valence-electron chi connectivity index (χ0n) is 8.79. The molecule has 2 rings (SSSR count). The molecule has 0 spiro atoms. The van der Waals surface area contributed by atoms with Crippen molar-refractivity contribution in [3.05, 3.63) is 34.3 Å². The van der Waals surface area contributed by atoms with Gasteiger partial charge in [0.05, 0.1) is 5.92 Å². The van der Waals surface area contributed by atoms with E-state index in [2.05, 4.69) is 15.9 Å². The van der Waals surface area contributed by atoms with Crippen LogP contribution >= 0.6 is 15.9 Å². The van der Waals surface area contributed by atoms with Crippen molar-refractivity contribution in [2.75, 3.05) is 0 Å². The van der Waals surface area contributed by atoms with Gasteiger partial charge in [0.2, 0.25) is 0 Å². The minimum atomic E-state index is -0.447. The summed E-state index contributed by atoms with van der Waals surface area (Å²) in [6.07, 6.45) is 0.757. The van der Waals surface area contributed by atoms with Crippen LogP contribution in [0.1, 0.15) is 25.8 Å². The second-order valence-corrected chi connectivity index (χ2v) is 5.18. The van der Waals surface area contributed by atoms with E-state index in [1.54, 1.807) is 0 Å². The third-order valence-corrected chi connectivity index (χ3v) is 3.41. The smallest absolute Gasteiger partial charge is 0.309 e. The highest BCUT2D eigenvalue weighted by Crippen LogP contribution is 2.39. The molecule has 0 aliphatic carbocycles. The Hall–Kier alpha value is -0.830. The van der Waals surface area contributed by atoms with Crippen molar-refractivity contribution in [2.45, 2.75) is 25.9 Å². The fourth-order valence-electron chi connectivity index (χ4n) is 2.01. The predicted octanol–water partition coefficient (Wildman–Crippen LogP) is 3.25. The van der Waals surface area contributed by atoms with E-state index in [0.29, 0.717) is 0 Å². The summed E-state index contributed by atoms with van der Waals surface area (Å²) >= 11 is 3.39. The summed E-state index contributed by atoms with van der Waals surface area (Å²) in [7, 11) is 0. The lowest BCUT2D eigenvalue weighted by Crippen LogP contribution is -2.20. The molecule has 1 fully saturated rings. The van der Waals surface area contributed by atoms with Crippen molar-refractivity contribution < 1.29 is 9.53 Å². The maximum absolute atomic E-state index is 11.4. The van der Waals surface area contributed by atoms with E-state index in [-0.39, 0.29) is 11.9 Å². The molecule has 0 amide bonds. The molecule has 2 atom stereocenters. The third kappa shape index (κ3) is 1.93. The maximum atomic E-state index is 11.4. The van der Waals surface area contributed by atoms with Crippen LogP contribution in [0.5, 0.6) is 0 Å². The van der Waals surface area contributed by atoms with Crippen LogP contribution in [0.25, 0.3) is 0 Å². The van der Waals surface area contributed by atoms with Gasteiger partial charge in [-0.05, 0) is 24.6 Å². The molecule has 0 unspecified atom stereocenters. The predicted molar refractivity (Wildman–Crippen MR) is 61.4 cm³/mol. The molecular formula is C12H13BrO2. The van der Waals surface area contributed by atoms with Gasteiger partial charge in [0.25, 0.3) is 0 Å². The Labute approximate surface area is 97.8 Å². The number of ether oxygens (including phenoxy) is 1. The number of benzene rings is 1. The number of carbonyl (C=O) groups excluding carboxylic acids is 1. The number of esters is 1. The van der Waals surface area contributed by atoms with E-state index < -0.39 is 5.60 Å². The van der Waals surface area contributed by atoms with Gasteiger partial charge in [-0.2, -0.15) is 0 Å². The van der Waals surface area contributed by atoms with Crippen molar-refractivity contribution >= 4 is 21.9 Å². The summed E-state index contributed by atoms with van der Waals surface area (Å²) in [6.45, 7) is 3.88. The van der Waals surface area contributed by atoms with Gasteiger partial charge >= 0.3 is 5.97 Å². The van der Waals surface area contributed by atoms with Gasteiger partial charge in [0, 0.05) is 10.9 Å². The lowest BCUT2D eigenvalue weighted by molar-refractivity contribution is -0.149. The summed E-state index contributed by atoms with van der Waals surface area (Å²) in [5, 5.41) is 0. The third-order valence-electron chi connectivity index (χ3n) is 2.88. The van der Waals surface area contributed by atoms with Gasteiger partial charge in [0.1, 0.15) is 5.60 Å². The lowest BCUT2D eigenvalue weighted by atomic mass is 9.90. The van der Waals surface area contributed by atoms with Gasteiger partial charge in [0.15, 0.2) is 0 Å². The summed E-state index contributed by atoms with van der Waals surface area (Å²) in [6, 6.07) is 7.93. The van der Waals surface area contributed by atoms with Crippen LogP contribution in [0.3, 0.4) is 0 Å². The van der Waals surface area contributed by atoms with Crippen molar-refractivity contribution in [1.29, 1.82) is 0 Å². The Morgan fingerprint density at radius 3 is 2.47 bits per heavy atom. The number of hydrogen-bond acceptors (Lipinski definition) is 2. The molecule has 15 heavy (non-hydrogen) atoms. The van der Waals surface area contributed by atoms with Crippen LogP contribution in [-0.4, -0.2) is 5.97 Å². The molecule has 1 saturated heterocycles. The van der Waals surface area contributed by atoms with Crippen LogP contribution in [-0.2, 0) is 15.1 Å². The molecule has 0 N–H and O–H groups in total. The van der Waals surface area contributed by atoms with E-state index in [9.17, 15) is 4.79 Å². The van der Waals surface area contributed by atoms with Gasteiger partial charge in [-0.25, -0.2) is 0 Å². The number of hydrogen-bond donors (Lipinski definition) is 0. The van der Waals surface area contributed by atoms with Crippen LogP contribution in [0.4, 0.5) is 0 Å². The highest BCUT2D eigenvalue weighted by molar-refractivity contribution is 9.10. The molecular weight excluding hydrogens is 256 g/mol. The van der Waals surface area contributed by atoms with Gasteiger partial charge < -0.3 is 4.74 Å². The Balaban J connectivity index is 2.31. The summed E-state index contributed by atoms with van der Waals surface area (Å²) in [5.74, 6) is -0.0981. The quantitative estimate of drug-likeness (QED) is 0.731. The number of cyclic esters (lactones) is 1. The summed E-state index contributed by atoms with van der Waals surface area (Å²) in [5.41, 5.74) is 0.611. The van der Waals surface area contributed by atoms with Crippen molar-refractivity contribution in [3.8, 4) is 0 Å². The van der Waals surface area contributed by atoms with Crippen molar-refractivity contribution in [3.63, 3.8) is 0 Å². The minimum Gasteiger partial charge on any atom is -0.454 e. The molecule has 0 saturated carbocycles. The molecule has 0 radical (unpaired) electrons. The molecule has 1 aliphatic heterocycles. The van der Waals surface area contributed by atoms with Crippen LogP contribution in [0.2, 0.25) is 0 Å². The molecule has 80 valence electrons. The maximum Gasteiger partial charge on any atom is 0.309 e. The Morgan fingerprint density at radius 2 is 2.00 bits per heavy atom. The zero-order valence-corrected chi connectivity index (χ0v) is 10.4. The fraction of sp³-hybridized carbons (Fsp3) is 0.417. The SMILES string of the molecule is C[C@H]1C[C@@](C)(c2ccc(Br)cc2)OC1=O. The monoisotopic (exact) mass is 268 g/mol. The average molecular weight is 269 g/mol. The molecule has 3 heteroatoms.